The molecular formula is C9H16N2S. The molecule has 0 aliphatic rings. The third-order valence-corrected chi connectivity index (χ3v) is 2.82. The van der Waals surface area contributed by atoms with Crippen molar-refractivity contribution in [1.82, 2.24) is 4.98 Å². The number of rotatable bonds is 3. The first kappa shape index (κ1) is 9.68. The predicted molar refractivity (Wildman–Crippen MR) is 53.3 cm³/mol. The second-order valence-electron chi connectivity index (χ2n) is 3.54. The van der Waals surface area contributed by atoms with E-state index in [1.165, 1.54) is 9.88 Å². The normalized spacial score (nSPS) is 13.8. The molecule has 3 heteroatoms. The zero-order valence-corrected chi connectivity index (χ0v) is 8.69. The number of thiazole rings is 1. The topological polar surface area (TPSA) is 38.9 Å². The van der Waals surface area contributed by atoms with Crippen LogP contribution >= 0.6 is 11.3 Å². The largest absolute Gasteiger partial charge is 0.323 e. The van der Waals surface area contributed by atoms with Crippen LogP contribution in [0.5, 0.6) is 0 Å². The van der Waals surface area contributed by atoms with Crippen molar-refractivity contribution in [3.8, 4) is 0 Å². The van der Waals surface area contributed by atoms with Crippen molar-refractivity contribution in [3.63, 3.8) is 0 Å². The van der Waals surface area contributed by atoms with E-state index < -0.39 is 0 Å². The van der Waals surface area contributed by atoms with Gasteiger partial charge in [0.05, 0.1) is 5.01 Å². The highest BCUT2D eigenvalue weighted by Gasteiger charge is 2.06. The highest BCUT2D eigenvalue weighted by molar-refractivity contribution is 7.11. The Morgan fingerprint density at radius 3 is 2.58 bits per heavy atom. The molecule has 1 unspecified atom stereocenters. The number of nitrogens with two attached hydrogens (primary N) is 1. The Labute approximate surface area is 77.8 Å². The van der Waals surface area contributed by atoms with Crippen LogP contribution in [-0.4, -0.2) is 4.98 Å². The molecule has 0 aromatic carbocycles. The molecule has 1 aromatic heterocycles. The molecule has 1 heterocycles. The second-order valence-corrected chi connectivity index (χ2v) is 4.69. The van der Waals surface area contributed by atoms with Gasteiger partial charge in [-0.05, 0) is 12.8 Å². The smallest absolute Gasteiger partial charge is 0.0930 e. The van der Waals surface area contributed by atoms with Crippen LogP contribution < -0.4 is 5.73 Å². The van der Waals surface area contributed by atoms with Gasteiger partial charge < -0.3 is 5.73 Å². The minimum absolute atomic E-state index is 0.128. The molecule has 0 saturated carbocycles. The van der Waals surface area contributed by atoms with Crippen LogP contribution in [0.2, 0.25) is 0 Å². The minimum atomic E-state index is 0.128. The van der Waals surface area contributed by atoms with Gasteiger partial charge in [-0.2, -0.15) is 0 Å². The molecule has 12 heavy (non-hydrogen) atoms. The molecule has 0 spiro atoms. The van der Waals surface area contributed by atoms with Crippen molar-refractivity contribution in [3.05, 3.63) is 16.1 Å². The Balaban J connectivity index is 2.64. The summed E-state index contributed by atoms with van der Waals surface area (Å²) >= 11 is 1.73. The average Bonchev–Trinajstić information content (AvgIpc) is 2.34. The number of hydrogen-bond donors (Lipinski definition) is 1. The minimum Gasteiger partial charge on any atom is -0.323 e. The third kappa shape index (κ3) is 2.57. The second kappa shape index (κ2) is 4.01. The summed E-state index contributed by atoms with van der Waals surface area (Å²) in [6, 6.07) is 0.128. The fourth-order valence-electron chi connectivity index (χ4n) is 0.978. The molecule has 0 fully saturated rings. The van der Waals surface area contributed by atoms with Crippen LogP contribution in [-0.2, 0) is 6.42 Å². The highest BCUT2D eigenvalue weighted by atomic mass is 32.1. The van der Waals surface area contributed by atoms with E-state index in [1.807, 2.05) is 13.1 Å². The molecule has 1 atom stereocenters. The van der Waals surface area contributed by atoms with Crippen molar-refractivity contribution in [2.75, 3.05) is 0 Å². The molecule has 0 aliphatic heterocycles. The fourth-order valence-corrected chi connectivity index (χ4v) is 2.06. The van der Waals surface area contributed by atoms with Gasteiger partial charge in [-0.3, -0.25) is 0 Å². The van der Waals surface area contributed by atoms with Crippen molar-refractivity contribution in [2.45, 2.75) is 33.2 Å². The lowest BCUT2D eigenvalue weighted by Gasteiger charge is -1.99. The number of aromatic nitrogens is 1. The van der Waals surface area contributed by atoms with Gasteiger partial charge >= 0.3 is 0 Å². The summed E-state index contributed by atoms with van der Waals surface area (Å²) < 4.78 is 0. The average molecular weight is 184 g/mol. The predicted octanol–water partition coefficient (Wildman–Crippen LogP) is 2.36. The summed E-state index contributed by atoms with van der Waals surface area (Å²) in [5.41, 5.74) is 5.73. The van der Waals surface area contributed by atoms with Crippen LogP contribution in [0.3, 0.4) is 0 Å². The van der Waals surface area contributed by atoms with Crippen molar-refractivity contribution < 1.29 is 0 Å². The van der Waals surface area contributed by atoms with E-state index in [2.05, 4.69) is 18.8 Å². The molecule has 0 radical (unpaired) electrons. The molecule has 68 valence electrons. The standard InChI is InChI=1S/C9H16N2S/c1-6(2)4-9-11-5-8(12-9)7(3)10/h5-7H,4,10H2,1-3H3. The lowest BCUT2D eigenvalue weighted by atomic mass is 10.1. The quantitative estimate of drug-likeness (QED) is 0.783. The summed E-state index contributed by atoms with van der Waals surface area (Å²) in [4.78, 5) is 5.50. The van der Waals surface area contributed by atoms with Gasteiger partial charge in [-0.15, -0.1) is 11.3 Å². The first-order chi connectivity index (χ1) is 5.59. The van der Waals surface area contributed by atoms with E-state index in [-0.39, 0.29) is 6.04 Å². The first-order valence-electron chi connectivity index (χ1n) is 4.29. The Morgan fingerprint density at radius 2 is 2.17 bits per heavy atom. The van der Waals surface area contributed by atoms with E-state index in [9.17, 15) is 0 Å². The zero-order valence-electron chi connectivity index (χ0n) is 7.87. The summed E-state index contributed by atoms with van der Waals surface area (Å²) in [6.07, 6.45) is 2.96. The van der Waals surface area contributed by atoms with Gasteiger partial charge in [0.25, 0.3) is 0 Å². The molecule has 2 N–H and O–H groups in total. The summed E-state index contributed by atoms with van der Waals surface area (Å²) in [5, 5.41) is 1.21. The summed E-state index contributed by atoms with van der Waals surface area (Å²) in [7, 11) is 0. The molecule has 2 nitrogen and oxygen atoms in total. The lowest BCUT2D eigenvalue weighted by molar-refractivity contribution is 0.644. The molecule has 1 rings (SSSR count). The van der Waals surface area contributed by atoms with Crippen molar-refractivity contribution in [2.24, 2.45) is 11.7 Å². The molecule has 0 saturated heterocycles. The highest BCUT2D eigenvalue weighted by Crippen LogP contribution is 2.20. The Morgan fingerprint density at radius 1 is 1.50 bits per heavy atom. The lowest BCUT2D eigenvalue weighted by Crippen LogP contribution is -2.01. The van der Waals surface area contributed by atoms with Crippen LogP contribution in [0, 0.1) is 5.92 Å². The monoisotopic (exact) mass is 184 g/mol. The third-order valence-electron chi connectivity index (χ3n) is 1.60. The van der Waals surface area contributed by atoms with E-state index in [0.717, 1.165) is 6.42 Å². The van der Waals surface area contributed by atoms with Gasteiger partial charge in [0.2, 0.25) is 0 Å². The number of hydrogen-bond acceptors (Lipinski definition) is 3. The van der Waals surface area contributed by atoms with Crippen molar-refractivity contribution in [1.29, 1.82) is 0 Å². The Hall–Kier alpha value is -0.410. The van der Waals surface area contributed by atoms with Gasteiger partial charge in [-0.25, -0.2) is 4.98 Å². The molecule has 0 bridgehead atoms. The van der Waals surface area contributed by atoms with E-state index in [1.54, 1.807) is 11.3 Å². The maximum atomic E-state index is 5.73. The summed E-state index contributed by atoms with van der Waals surface area (Å²) in [6.45, 7) is 6.40. The molecule has 0 aliphatic carbocycles. The fraction of sp³-hybridized carbons (Fsp3) is 0.667. The van der Waals surface area contributed by atoms with Crippen LogP contribution in [0.1, 0.15) is 36.7 Å². The molecule has 0 amide bonds. The number of nitrogens with zero attached hydrogens (tertiary/aromatic N) is 1. The van der Waals surface area contributed by atoms with E-state index >= 15 is 0 Å². The van der Waals surface area contributed by atoms with E-state index in [0.29, 0.717) is 5.92 Å². The SMILES string of the molecule is CC(C)Cc1ncc(C(C)N)s1. The van der Waals surface area contributed by atoms with Crippen molar-refractivity contribution >= 4 is 11.3 Å². The summed E-state index contributed by atoms with van der Waals surface area (Å²) in [5.74, 6) is 0.678. The maximum absolute atomic E-state index is 5.73. The maximum Gasteiger partial charge on any atom is 0.0930 e. The van der Waals surface area contributed by atoms with E-state index in [4.69, 9.17) is 5.73 Å². The van der Waals surface area contributed by atoms with Gasteiger partial charge in [0.1, 0.15) is 0 Å². The first-order valence-corrected chi connectivity index (χ1v) is 5.11. The van der Waals surface area contributed by atoms with Crippen LogP contribution in [0.4, 0.5) is 0 Å². The van der Waals surface area contributed by atoms with Crippen LogP contribution in [0.15, 0.2) is 6.20 Å². The van der Waals surface area contributed by atoms with Gasteiger partial charge in [-0.1, -0.05) is 13.8 Å². The Bertz CT molecular complexity index is 240. The molecular weight excluding hydrogens is 168 g/mol. The van der Waals surface area contributed by atoms with Gasteiger partial charge in [0, 0.05) is 23.5 Å². The zero-order chi connectivity index (χ0) is 9.14. The van der Waals surface area contributed by atoms with Gasteiger partial charge in [0.15, 0.2) is 0 Å². The Kier molecular flexibility index (Phi) is 3.23. The van der Waals surface area contributed by atoms with Crippen LogP contribution in [0.25, 0.3) is 0 Å². The molecule has 1 aromatic rings.